The van der Waals surface area contributed by atoms with Crippen LogP contribution in [0.15, 0.2) is 113 Å². The second-order valence-corrected chi connectivity index (χ2v) is 9.77. The van der Waals surface area contributed by atoms with E-state index in [0.29, 0.717) is 0 Å². The highest BCUT2D eigenvalue weighted by atomic mass is 16.3. The summed E-state index contributed by atoms with van der Waals surface area (Å²) in [5, 5.41) is 0. The Kier molecular flexibility index (Phi) is 5.38. The Hall–Kier alpha value is -3.65. The van der Waals surface area contributed by atoms with Gasteiger partial charge in [-0.1, -0.05) is 118 Å². The Morgan fingerprint density at radius 3 is 2.27 bits per heavy atom. The minimum absolute atomic E-state index is 0.0674. The van der Waals surface area contributed by atoms with Gasteiger partial charge >= 0.3 is 0 Å². The van der Waals surface area contributed by atoms with E-state index in [9.17, 15) is 0 Å². The van der Waals surface area contributed by atoms with Crippen LogP contribution in [0.5, 0.6) is 0 Å². The molecule has 0 radical (unpaired) electrons. The fraction of sp³-hybridized carbons (Fsp3) is 0.194. The lowest BCUT2D eigenvalue weighted by Gasteiger charge is -2.29. The number of hydrogen-bond acceptors (Lipinski definition) is 2. The van der Waals surface area contributed by atoms with Crippen LogP contribution >= 0.6 is 0 Å². The quantitative estimate of drug-likeness (QED) is 0.327. The molecule has 1 aliphatic carbocycles. The summed E-state index contributed by atoms with van der Waals surface area (Å²) in [6.45, 7) is 6.67. The van der Waals surface area contributed by atoms with Gasteiger partial charge in [0.25, 0.3) is 0 Å². The predicted molar refractivity (Wildman–Crippen MR) is 137 cm³/mol. The molecule has 0 amide bonds. The highest BCUT2D eigenvalue weighted by Crippen LogP contribution is 2.41. The van der Waals surface area contributed by atoms with E-state index < -0.39 is 5.41 Å². The molecule has 1 aliphatic rings. The van der Waals surface area contributed by atoms with Gasteiger partial charge in [0.2, 0.25) is 5.89 Å². The molecule has 2 heteroatoms. The smallest absolute Gasteiger partial charge is 0.210 e. The zero-order chi connectivity index (χ0) is 22.9. The van der Waals surface area contributed by atoms with Crippen LogP contribution in [0.25, 0.3) is 17.2 Å². The van der Waals surface area contributed by atoms with E-state index in [1.165, 1.54) is 22.3 Å². The Bertz CT molecular complexity index is 1350. The number of fused-ring (bicyclic) bond motifs is 1. The first kappa shape index (κ1) is 21.2. The number of nitrogens with zero attached hydrogens (tertiary/aromatic N) is 1. The molecule has 0 N–H and O–H groups in total. The van der Waals surface area contributed by atoms with E-state index >= 15 is 0 Å². The zero-order valence-electron chi connectivity index (χ0n) is 19.5. The molecule has 3 aromatic carbocycles. The topological polar surface area (TPSA) is 26.0 Å². The molecule has 0 spiro atoms. The molecule has 0 saturated heterocycles. The summed E-state index contributed by atoms with van der Waals surface area (Å²) in [6, 6.07) is 27.3. The molecular formula is C31H29NO. The Labute approximate surface area is 196 Å². The first-order chi connectivity index (χ1) is 15.9. The van der Waals surface area contributed by atoms with Crippen molar-refractivity contribution < 1.29 is 4.42 Å². The fourth-order valence-corrected chi connectivity index (χ4v) is 4.35. The van der Waals surface area contributed by atoms with Gasteiger partial charge in [0.05, 0.1) is 5.41 Å². The number of oxazole rings is 1. The maximum atomic E-state index is 6.39. The van der Waals surface area contributed by atoms with Gasteiger partial charge in [-0.25, -0.2) is 4.98 Å². The molecule has 0 bridgehead atoms. The van der Waals surface area contributed by atoms with Gasteiger partial charge in [-0.2, -0.15) is 0 Å². The molecule has 1 heterocycles. The number of aromatic nitrogens is 1. The minimum atomic E-state index is -0.424. The van der Waals surface area contributed by atoms with Crippen molar-refractivity contribution in [3.8, 4) is 0 Å². The third-order valence-corrected chi connectivity index (χ3v) is 6.41. The van der Waals surface area contributed by atoms with Crippen LogP contribution in [0.4, 0.5) is 0 Å². The van der Waals surface area contributed by atoms with Crippen molar-refractivity contribution in [2.45, 2.75) is 38.0 Å². The van der Waals surface area contributed by atoms with Crippen molar-refractivity contribution in [3.63, 3.8) is 0 Å². The van der Waals surface area contributed by atoms with Gasteiger partial charge in [0, 0.05) is 0 Å². The summed E-state index contributed by atoms with van der Waals surface area (Å²) in [5.74, 6) is 0.744. The Balaban J connectivity index is 1.54. The molecule has 0 aliphatic heterocycles. The van der Waals surface area contributed by atoms with Crippen molar-refractivity contribution in [2.24, 2.45) is 0 Å². The van der Waals surface area contributed by atoms with Gasteiger partial charge in [-0.3, -0.25) is 0 Å². The van der Waals surface area contributed by atoms with Crippen LogP contribution in [0.2, 0.25) is 0 Å². The maximum Gasteiger partial charge on any atom is 0.210 e. The van der Waals surface area contributed by atoms with E-state index in [2.05, 4.69) is 124 Å². The predicted octanol–water partition coefficient (Wildman–Crippen LogP) is 8.01. The zero-order valence-corrected chi connectivity index (χ0v) is 19.5. The largest absolute Gasteiger partial charge is 0.439 e. The fourth-order valence-electron chi connectivity index (χ4n) is 4.35. The lowest BCUT2D eigenvalue weighted by Crippen LogP contribution is -2.26. The second-order valence-electron chi connectivity index (χ2n) is 9.77. The van der Waals surface area contributed by atoms with Crippen LogP contribution in [0.3, 0.4) is 0 Å². The van der Waals surface area contributed by atoms with E-state index in [0.717, 1.165) is 23.4 Å². The van der Waals surface area contributed by atoms with Gasteiger partial charge in [-0.15, -0.1) is 0 Å². The summed E-state index contributed by atoms with van der Waals surface area (Å²) in [7, 11) is 0. The Morgan fingerprint density at radius 1 is 0.879 bits per heavy atom. The molecular weight excluding hydrogens is 402 g/mol. The first-order valence-corrected chi connectivity index (χ1v) is 11.5. The summed E-state index contributed by atoms with van der Waals surface area (Å²) >= 11 is 0. The second kappa shape index (κ2) is 8.37. The number of allylic oxidation sites excluding steroid dienone is 5. The van der Waals surface area contributed by atoms with Crippen molar-refractivity contribution in [3.05, 3.63) is 131 Å². The molecule has 164 valence electrons. The Morgan fingerprint density at radius 2 is 1.61 bits per heavy atom. The summed E-state index contributed by atoms with van der Waals surface area (Å²) in [4.78, 5) is 5.01. The minimum Gasteiger partial charge on any atom is -0.439 e. The molecule has 1 atom stereocenters. The average molecular weight is 432 g/mol. The van der Waals surface area contributed by atoms with E-state index in [-0.39, 0.29) is 5.41 Å². The van der Waals surface area contributed by atoms with Crippen molar-refractivity contribution in [1.82, 2.24) is 4.98 Å². The summed E-state index contributed by atoms with van der Waals surface area (Å²) in [5.41, 5.74) is 6.23. The van der Waals surface area contributed by atoms with Crippen molar-refractivity contribution >= 4 is 17.2 Å². The highest BCUT2D eigenvalue weighted by molar-refractivity contribution is 5.74. The van der Waals surface area contributed by atoms with Gasteiger partial charge < -0.3 is 4.42 Å². The SMILES string of the molecule is CC(C)(C)c1ccc2oc(C3(c4ccccc4)C=CC(C=Cc4ccccc4)=CC3)nc2c1. The van der Waals surface area contributed by atoms with Crippen molar-refractivity contribution in [2.75, 3.05) is 0 Å². The molecule has 1 unspecified atom stereocenters. The molecule has 33 heavy (non-hydrogen) atoms. The van der Waals surface area contributed by atoms with Crippen LogP contribution in [0.1, 0.15) is 49.8 Å². The highest BCUT2D eigenvalue weighted by Gasteiger charge is 2.37. The number of rotatable bonds is 4. The monoisotopic (exact) mass is 431 g/mol. The third-order valence-electron chi connectivity index (χ3n) is 6.41. The van der Waals surface area contributed by atoms with Gasteiger partial charge in [0.1, 0.15) is 5.52 Å². The molecule has 4 aromatic rings. The molecule has 0 saturated carbocycles. The maximum absolute atomic E-state index is 6.39. The van der Waals surface area contributed by atoms with Crippen LogP contribution in [-0.4, -0.2) is 4.98 Å². The first-order valence-electron chi connectivity index (χ1n) is 11.5. The van der Waals surface area contributed by atoms with E-state index in [1.807, 2.05) is 6.07 Å². The van der Waals surface area contributed by atoms with E-state index in [1.54, 1.807) is 0 Å². The van der Waals surface area contributed by atoms with Crippen LogP contribution in [-0.2, 0) is 10.8 Å². The lowest BCUT2D eigenvalue weighted by molar-refractivity contribution is 0.440. The van der Waals surface area contributed by atoms with Gasteiger partial charge in [0.15, 0.2) is 5.58 Å². The number of hydrogen-bond donors (Lipinski definition) is 0. The van der Waals surface area contributed by atoms with Crippen LogP contribution < -0.4 is 0 Å². The number of benzene rings is 3. The standard InChI is InChI=1S/C31H29NO/c1-30(2,3)26-16-17-28-27(22-26)32-29(33-28)31(25-12-8-5-9-13-25)20-18-24(19-21-31)15-14-23-10-6-4-7-11-23/h4-20,22H,21H2,1-3H3. The summed E-state index contributed by atoms with van der Waals surface area (Å²) in [6.07, 6.45) is 11.8. The third kappa shape index (κ3) is 4.21. The molecule has 0 fully saturated rings. The van der Waals surface area contributed by atoms with Gasteiger partial charge in [-0.05, 0) is 46.2 Å². The summed E-state index contributed by atoms with van der Waals surface area (Å²) < 4.78 is 6.39. The molecule has 2 nitrogen and oxygen atoms in total. The molecule has 1 aromatic heterocycles. The average Bonchev–Trinajstić information content (AvgIpc) is 3.28. The lowest BCUT2D eigenvalue weighted by atomic mass is 9.74. The molecule has 5 rings (SSSR count). The van der Waals surface area contributed by atoms with Crippen LogP contribution in [0, 0.1) is 0 Å². The van der Waals surface area contributed by atoms with E-state index in [4.69, 9.17) is 9.40 Å². The van der Waals surface area contributed by atoms with Crippen molar-refractivity contribution in [1.29, 1.82) is 0 Å². The normalized spacial score (nSPS) is 18.7.